The molecule has 0 aliphatic heterocycles. The fraction of sp³-hybridized carbons (Fsp3) is 0.500. The summed E-state index contributed by atoms with van der Waals surface area (Å²) in [6.07, 6.45) is 1.82. The first-order valence-corrected chi connectivity index (χ1v) is 6.97. The lowest BCUT2D eigenvalue weighted by atomic mass is 10.2. The highest BCUT2D eigenvalue weighted by Crippen LogP contribution is 2.11. The molecule has 0 aliphatic carbocycles. The normalized spacial score (nSPS) is 10.9. The van der Waals surface area contributed by atoms with E-state index in [2.05, 4.69) is 10.2 Å². The highest BCUT2D eigenvalue weighted by molar-refractivity contribution is 5.75. The Hall–Kier alpha value is -2.31. The quantitative estimate of drug-likeness (QED) is 0.889. The van der Waals surface area contributed by atoms with Crippen molar-refractivity contribution in [2.45, 2.75) is 40.4 Å². The van der Waals surface area contributed by atoms with Crippen LogP contribution in [0.4, 0.5) is 5.82 Å². The lowest BCUT2D eigenvalue weighted by Gasteiger charge is -2.17. The Morgan fingerprint density at radius 1 is 1.38 bits per heavy atom. The highest BCUT2D eigenvalue weighted by Gasteiger charge is 2.15. The van der Waals surface area contributed by atoms with Gasteiger partial charge in [0.15, 0.2) is 0 Å². The van der Waals surface area contributed by atoms with Crippen molar-refractivity contribution in [1.82, 2.24) is 24.5 Å². The summed E-state index contributed by atoms with van der Waals surface area (Å²) in [6.45, 7) is 7.51. The Bertz CT molecular complexity index is 642. The SMILES string of the molecule is CCn1ncc(CN(C)C(=O)Cn2nc(N)cc2C)c1C. The number of hydrogen-bond donors (Lipinski definition) is 1. The zero-order chi connectivity index (χ0) is 15.6. The van der Waals surface area contributed by atoms with E-state index in [9.17, 15) is 4.79 Å². The number of carbonyl (C=O) groups excluding carboxylic acids is 1. The molecule has 7 heteroatoms. The van der Waals surface area contributed by atoms with Gasteiger partial charge in [0.1, 0.15) is 12.4 Å². The molecule has 0 saturated carbocycles. The van der Waals surface area contributed by atoms with Crippen LogP contribution in [-0.2, 0) is 24.4 Å². The molecule has 1 amide bonds. The Balaban J connectivity index is 2.02. The summed E-state index contributed by atoms with van der Waals surface area (Å²) in [4.78, 5) is 13.9. The Morgan fingerprint density at radius 3 is 2.62 bits per heavy atom. The summed E-state index contributed by atoms with van der Waals surface area (Å²) in [7, 11) is 1.78. The molecule has 2 rings (SSSR count). The monoisotopic (exact) mass is 290 g/mol. The van der Waals surface area contributed by atoms with Gasteiger partial charge in [-0.05, 0) is 20.8 Å². The molecule has 2 heterocycles. The predicted molar refractivity (Wildman–Crippen MR) is 80.5 cm³/mol. The average Bonchev–Trinajstić information content (AvgIpc) is 2.93. The average molecular weight is 290 g/mol. The number of nitrogens with zero attached hydrogens (tertiary/aromatic N) is 5. The van der Waals surface area contributed by atoms with E-state index in [0.29, 0.717) is 12.4 Å². The fourth-order valence-corrected chi connectivity index (χ4v) is 2.25. The summed E-state index contributed by atoms with van der Waals surface area (Å²) >= 11 is 0. The smallest absolute Gasteiger partial charge is 0.244 e. The van der Waals surface area contributed by atoms with Crippen LogP contribution in [-0.4, -0.2) is 37.4 Å². The van der Waals surface area contributed by atoms with Gasteiger partial charge < -0.3 is 10.6 Å². The number of aryl methyl sites for hydroxylation is 2. The molecule has 2 aromatic heterocycles. The molecule has 0 spiro atoms. The Morgan fingerprint density at radius 2 is 2.10 bits per heavy atom. The van der Waals surface area contributed by atoms with Crippen LogP contribution in [0.5, 0.6) is 0 Å². The van der Waals surface area contributed by atoms with Crippen molar-refractivity contribution in [3.05, 3.63) is 29.2 Å². The zero-order valence-corrected chi connectivity index (χ0v) is 13.0. The highest BCUT2D eigenvalue weighted by atomic mass is 16.2. The van der Waals surface area contributed by atoms with Crippen LogP contribution in [0.2, 0.25) is 0 Å². The molecule has 21 heavy (non-hydrogen) atoms. The van der Waals surface area contributed by atoms with E-state index >= 15 is 0 Å². The van der Waals surface area contributed by atoms with Gasteiger partial charge in [-0.3, -0.25) is 14.2 Å². The van der Waals surface area contributed by atoms with Gasteiger partial charge in [0.25, 0.3) is 0 Å². The summed E-state index contributed by atoms with van der Waals surface area (Å²) in [5.41, 5.74) is 8.66. The van der Waals surface area contributed by atoms with Gasteiger partial charge in [-0.15, -0.1) is 0 Å². The van der Waals surface area contributed by atoms with Gasteiger partial charge in [0, 0.05) is 43.2 Å². The summed E-state index contributed by atoms with van der Waals surface area (Å²) in [6, 6.07) is 1.75. The number of carbonyl (C=O) groups is 1. The maximum absolute atomic E-state index is 12.3. The molecule has 0 bridgehead atoms. The predicted octanol–water partition coefficient (Wildman–Crippen LogP) is 0.957. The number of amides is 1. The number of nitrogen functional groups attached to an aromatic ring is 1. The fourth-order valence-electron chi connectivity index (χ4n) is 2.25. The van der Waals surface area contributed by atoms with Gasteiger partial charge in [-0.1, -0.05) is 0 Å². The molecule has 0 atom stereocenters. The third kappa shape index (κ3) is 3.24. The minimum atomic E-state index is -0.00940. The molecule has 2 aromatic rings. The van der Waals surface area contributed by atoms with E-state index in [-0.39, 0.29) is 12.5 Å². The van der Waals surface area contributed by atoms with Crippen molar-refractivity contribution in [3.63, 3.8) is 0 Å². The largest absolute Gasteiger partial charge is 0.382 e. The molecule has 0 unspecified atom stereocenters. The Kier molecular flexibility index (Phi) is 4.30. The van der Waals surface area contributed by atoms with Gasteiger partial charge in [-0.2, -0.15) is 10.2 Å². The van der Waals surface area contributed by atoms with Crippen molar-refractivity contribution in [2.75, 3.05) is 12.8 Å². The second kappa shape index (κ2) is 5.99. The molecule has 0 fully saturated rings. The number of hydrogen-bond acceptors (Lipinski definition) is 4. The number of aromatic nitrogens is 4. The van der Waals surface area contributed by atoms with Gasteiger partial charge in [0.05, 0.1) is 6.20 Å². The maximum atomic E-state index is 12.3. The summed E-state index contributed by atoms with van der Waals surface area (Å²) in [5, 5.41) is 8.40. The van der Waals surface area contributed by atoms with Crippen LogP contribution in [0.15, 0.2) is 12.3 Å². The van der Waals surface area contributed by atoms with Gasteiger partial charge in [0.2, 0.25) is 5.91 Å². The van der Waals surface area contributed by atoms with Crippen LogP contribution < -0.4 is 5.73 Å². The number of likely N-dealkylation sites (N-methyl/N-ethyl adjacent to an activating group) is 1. The van der Waals surface area contributed by atoms with Crippen LogP contribution in [0.1, 0.15) is 23.9 Å². The molecular weight excluding hydrogens is 268 g/mol. The van der Waals surface area contributed by atoms with Crippen molar-refractivity contribution < 1.29 is 4.79 Å². The Labute approximate surface area is 124 Å². The van der Waals surface area contributed by atoms with Gasteiger partial charge in [-0.25, -0.2) is 0 Å². The number of nitrogens with two attached hydrogens (primary N) is 1. The molecular formula is C14H22N6O. The third-order valence-corrected chi connectivity index (χ3v) is 3.62. The molecule has 0 aliphatic rings. The van der Waals surface area contributed by atoms with E-state index in [1.54, 1.807) is 22.7 Å². The lowest BCUT2D eigenvalue weighted by Crippen LogP contribution is -2.30. The minimum Gasteiger partial charge on any atom is -0.382 e. The molecule has 114 valence electrons. The van der Waals surface area contributed by atoms with E-state index < -0.39 is 0 Å². The molecule has 0 radical (unpaired) electrons. The first kappa shape index (κ1) is 15.1. The lowest BCUT2D eigenvalue weighted by molar-refractivity contribution is -0.131. The number of anilines is 1. The van der Waals surface area contributed by atoms with E-state index in [1.165, 1.54) is 0 Å². The van der Waals surface area contributed by atoms with Crippen LogP contribution in [0, 0.1) is 13.8 Å². The first-order valence-electron chi connectivity index (χ1n) is 6.97. The second-order valence-corrected chi connectivity index (χ2v) is 5.19. The maximum Gasteiger partial charge on any atom is 0.244 e. The van der Waals surface area contributed by atoms with E-state index in [1.807, 2.05) is 31.6 Å². The molecule has 7 nitrogen and oxygen atoms in total. The van der Waals surface area contributed by atoms with Crippen molar-refractivity contribution in [3.8, 4) is 0 Å². The third-order valence-electron chi connectivity index (χ3n) is 3.62. The first-order chi connectivity index (χ1) is 9.92. The molecule has 0 aromatic carbocycles. The standard InChI is InChI=1S/C14H22N6O/c1-5-19-11(3)12(7-16-19)8-18(4)14(21)9-20-10(2)6-13(15)17-20/h6-7H,5,8-9H2,1-4H3,(H2,15,17). The van der Waals surface area contributed by atoms with Gasteiger partial charge >= 0.3 is 0 Å². The minimum absolute atomic E-state index is 0.00940. The zero-order valence-electron chi connectivity index (χ0n) is 13.0. The van der Waals surface area contributed by atoms with Crippen LogP contribution in [0.25, 0.3) is 0 Å². The van der Waals surface area contributed by atoms with E-state index in [0.717, 1.165) is 23.5 Å². The van der Waals surface area contributed by atoms with E-state index in [4.69, 9.17) is 5.73 Å². The summed E-state index contributed by atoms with van der Waals surface area (Å²) in [5.74, 6) is 0.424. The second-order valence-electron chi connectivity index (χ2n) is 5.19. The summed E-state index contributed by atoms with van der Waals surface area (Å²) < 4.78 is 3.54. The topological polar surface area (TPSA) is 82.0 Å². The molecule has 0 saturated heterocycles. The van der Waals surface area contributed by atoms with Crippen LogP contribution >= 0.6 is 0 Å². The van der Waals surface area contributed by atoms with Crippen molar-refractivity contribution >= 4 is 11.7 Å². The van der Waals surface area contributed by atoms with Crippen molar-refractivity contribution in [2.24, 2.45) is 0 Å². The molecule has 2 N–H and O–H groups in total. The number of rotatable bonds is 5. The van der Waals surface area contributed by atoms with Crippen molar-refractivity contribution in [1.29, 1.82) is 0 Å². The van der Waals surface area contributed by atoms with Crippen LogP contribution in [0.3, 0.4) is 0 Å².